The summed E-state index contributed by atoms with van der Waals surface area (Å²) < 4.78 is 0. The fraction of sp³-hybridized carbons (Fsp3) is 1.00. The van der Waals surface area contributed by atoms with Gasteiger partial charge in [-0.05, 0) is 38.3 Å². The van der Waals surface area contributed by atoms with Gasteiger partial charge in [-0.15, -0.1) is 0 Å². The van der Waals surface area contributed by atoms with Gasteiger partial charge in [0.1, 0.15) is 0 Å². The summed E-state index contributed by atoms with van der Waals surface area (Å²) in [5.41, 5.74) is 5.94. The molecule has 0 radical (unpaired) electrons. The van der Waals surface area contributed by atoms with E-state index in [-0.39, 0.29) is 0 Å². The van der Waals surface area contributed by atoms with E-state index < -0.39 is 0 Å². The van der Waals surface area contributed by atoms with Crippen molar-refractivity contribution in [2.24, 2.45) is 17.6 Å². The van der Waals surface area contributed by atoms with Gasteiger partial charge >= 0.3 is 0 Å². The zero-order chi connectivity index (χ0) is 11.5. The van der Waals surface area contributed by atoms with Gasteiger partial charge in [-0.2, -0.15) is 0 Å². The lowest BCUT2D eigenvalue weighted by atomic mass is 9.78. The average molecular weight is 225 g/mol. The molecule has 0 aromatic rings. The normalized spacial score (nSPS) is 38.8. The Kier molecular flexibility index (Phi) is 4.22. The fourth-order valence-corrected chi connectivity index (χ4v) is 3.29. The summed E-state index contributed by atoms with van der Waals surface area (Å²) in [6, 6.07) is 0.766. The van der Waals surface area contributed by atoms with Gasteiger partial charge in [0.2, 0.25) is 0 Å². The molecule has 2 aliphatic rings. The van der Waals surface area contributed by atoms with Crippen molar-refractivity contribution in [1.82, 2.24) is 9.80 Å². The molecule has 2 fully saturated rings. The van der Waals surface area contributed by atoms with Crippen molar-refractivity contribution < 1.29 is 0 Å². The summed E-state index contributed by atoms with van der Waals surface area (Å²) in [5.74, 6) is 1.65. The van der Waals surface area contributed by atoms with Gasteiger partial charge in [-0.1, -0.05) is 13.3 Å². The molecule has 3 nitrogen and oxygen atoms in total. The summed E-state index contributed by atoms with van der Waals surface area (Å²) in [4.78, 5) is 5.13. The summed E-state index contributed by atoms with van der Waals surface area (Å²) >= 11 is 0. The minimum atomic E-state index is 0.750. The van der Waals surface area contributed by atoms with Gasteiger partial charge in [0, 0.05) is 32.2 Å². The van der Waals surface area contributed by atoms with Gasteiger partial charge in [0.15, 0.2) is 0 Å². The van der Waals surface area contributed by atoms with E-state index in [1.54, 1.807) is 0 Å². The van der Waals surface area contributed by atoms with E-state index in [2.05, 4.69) is 23.8 Å². The lowest BCUT2D eigenvalue weighted by Crippen LogP contribution is -2.53. The van der Waals surface area contributed by atoms with Gasteiger partial charge in [-0.25, -0.2) is 0 Å². The Morgan fingerprint density at radius 1 is 1.12 bits per heavy atom. The molecule has 0 spiro atoms. The Labute approximate surface area is 100.0 Å². The first-order valence-corrected chi connectivity index (χ1v) is 6.83. The molecule has 0 amide bonds. The number of hydrogen-bond donors (Lipinski definition) is 1. The van der Waals surface area contributed by atoms with E-state index in [0.29, 0.717) is 0 Å². The van der Waals surface area contributed by atoms with Crippen molar-refractivity contribution in [1.29, 1.82) is 0 Å². The fourth-order valence-electron chi connectivity index (χ4n) is 3.29. The number of likely N-dealkylation sites (N-methyl/N-ethyl adjacent to an activating group) is 1. The van der Waals surface area contributed by atoms with E-state index in [4.69, 9.17) is 5.73 Å². The first-order chi connectivity index (χ1) is 7.70. The SMILES string of the molecule is CC1CCC(CN)C(N2CCN(C)CC2)C1. The van der Waals surface area contributed by atoms with E-state index in [9.17, 15) is 0 Å². The molecule has 1 aliphatic carbocycles. The highest BCUT2D eigenvalue weighted by Crippen LogP contribution is 2.32. The Hall–Kier alpha value is -0.120. The van der Waals surface area contributed by atoms with Crippen molar-refractivity contribution in [3.05, 3.63) is 0 Å². The van der Waals surface area contributed by atoms with Crippen molar-refractivity contribution >= 4 is 0 Å². The van der Waals surface area contributed by atoms with Crippen LogP contribution in [-0.4, -0.2) is 55.6 Å². The van der Waals surface area contributed by atoms with Crippen LogP contribution in [-0.2, 0) is 0 Å². The number of rotatable bonds is 2. The molecule has 16 heavy (non-hydrogen) atoms. The molecule has 3 heteroatoms. The van der Waals surface area contributed by atoms with Crippen LogP contribution in [0.5, 0.6) is 0 Å². The molecule has 2 N–H and O–H groups in total. The van der Waals surface area contributed by atoms with Crippen LogP contribution in [0, 0.1) is 11.8 Å². The monoisotopic (exact) mass is 225 g/mol. The number of hydrogen-bond acceptors (Lipinski definition) is 3. The zero-order valence-electron chi connectivity index (χ0n) is 10.9. The van der Waals surface area contributed by atoms with Gasteiger partial charge in [-0.3, -0.25) is 4.90 Å². The molecule has 94 valence electrons. The number of nitrogens with zero attached hydrogens (tertiary/aromatic N) is 2. The Morgan fingerprint density at radius 3 is 2.44 bits per heavy atom. The highest BCUT2D eigenvalue weighted by Gasteiger charge is 2.33. The first-order valence-electron chi connectivity index (χ1n) is 6.83. The molecule has 0 aromatic carbocycles. The highest BCUT2D eigenvalue weighted by atomic mass is 15.3. The topological polar surface area (TPSA) is 32.5 Å². The molecule has 3 atom stereocenters. The summed E-state index contributed by atoms with van der Waals surface area (Å²) in [6.45, 7) is 8.21. The van der Waals surface area contributed by atoms with Crippen LogP contribution >= 0.6 is 0 Å². The van der Waals surface area contributed by atoms with Gasteiger partial charge < -0.3 is 10.6 Å². The third-order valence-electron chi connectivity index (χ3n) is 4.53. The number of nitrogens with two attached hydrogens (primary N) is 1. The van der Waals surface area contributed by atoms with E-state index >= 15 is 0 Å². The van der Waals surface area contributed by atoms with Crippen molar-refractivity contribution in [2.75, 3.05) is 39.8 Å². The first kappa shape index (κ1) is 12.3. The molecule has 2 rings (SSSR count). The van der Waals surface area contributed by atoms with E-state index in [0.717, 1.165) is 24.4 Å². The highest BCUT2D eigenvalue weighted by molar-refractivity contribution is 4.88. The van der Waals surface area contributed by atoms with E-state index in [1.807, 2.05) is 0 Å². The largest absolute Gasteiger partial charge is 0.330 e. The molecule has 0 aromatic heterocycles. The Balaban J connectivity index is 1.94. The summed E-state index contributed by atoms with van der Waals surface area (Å²) in [5, 5.41) is 0. The summed E-state index contributed by atoms with van der Waals surface area (Å²) in [6.07, 6.45) is 4.09. The molecule has 3 unspecified atom stereocenters. The third-order valence-corrected chi connectivity index (χ3v) is 4.53. The van der Waals surface area contributed by atoms with Crippen molar-refractivity contribution in [3.8, 4) is 0 Å². The lowest BCUT2D eigenvalue weighted by molar-refractivity contribution is 0.0472. The minimum absolute atomic E-state index is 0.750. The van der Waals surface area contributed by atoms with Crippen LogP contribution in [0.1, 0.15) is 26.2 Å². The lowest BCUT2D eigenvalue weighted by Gasteiger charge is -2.45. The minimum Gasteiger partial charge on any atom is -0.330 e. The standard InChI is InChI=1S/C13H27N3/c1-11-3-4-12(10-14)13(9-11)16-7-5-15(2)6-8-16/h11-13H,3-10,14H2,1-2H3. The smallest absolute Gasteiger partial charge is 0.0139 e. The molecular formula is C13H27N3. The average Bonchev–Trinajstić information content (AvgIpc) is 2.30. The van der Waals surface area contributed by atoms with Crippen LogP contribution < -0.4 is 5.73 Å². The Morgan fingerprint density at radius 2 is 1.81 bits per heavy atom. The maximum Gasteiger partial charge on any atom is 0.0139 e. The summed E-state index contributed by atoms with van der Waals surface area (Å²) in [7, 11) is 2.22. The second kappa shape index (κ2) is 5.48. The molecular weight excluding hydrogens is 198 g/mol. The van der Waals surface area contributed by atoms with Crippen LogP contribution in [0.2, 0.25) is 0 Å². The van der Waals surface area contributed by atoms with Crippen molar-refractivity contribution in [3.63, 3.8) is 0 Å². The van der Waals surface area contributed by atoms with Crippen LogP contribution in [0.4, 0.5) is 0 Å². The Bertz CT molecular complexity index is 211. The van der Waals surface area contributed by atoms with Gasteiger partial charge in [0.25, 0.3) is 0 Å². The second-order valence-corrected chi connectivity index (χ2v) is 5.82. The maximum absolute atomic E-state index is 5.94. The number of piperazine rings is 1. The molecule has 1 aliphatic heterocycles. The second-order valence-electron chi connectivity index (χ2n) is 5.82. The molecule has 1 saturated heterocycles. The van der Waals surface area contributed by atoms with Crippen molar-refractivity contribution in [2.45, 2.75) is 32.2 Å². The maximum atomic E-state index is 5.94. The zero-order valence-corrected chi connectivity index (χ0v) is 10.9. The van der Waals surface area contributed by atoms with Gasteiger partial charge in [0.05, 0.1) is 0 Å². The van der Waals surface area contributed by atoms with Crippen LogP contribution in [0.25, 0.3) is 0 Å². The van der Waals surface area contributed by atoms with E-state index in [1.165, 1.54) is 45.4 Å². The quantitative estimate of drug-likeness (QED) is 0.761. The third kappa shape index (κ3) is 2.76. The van der Waals surface area contributed by atoms with Crippen LogP contribution in [0.15, 0.2) is 0 Å². The van der Waals surface area contributed by atoms with Crippen LogP contribution in [0.3, 0.4) is 0 Å². The predicted octanol–water partition coefficient (Wildman–Crippen LogP) is 0.997. The molecule has 0 bridgehead atoms. The predicted molar refractivity (Wildman–Crippen MR) is 68.4 cm³/mol. The molecule has 1 saturated carbocycles. The molecule has 1 heterocycles.